The van der Waals surface area contributed by atoms with Crippen molar-refractivity contribution in [2.45, 2.75) is 78.7 Å². The minimum absolute atomic E-state index is 0.491. The summed E-state index contributed by atoms with van der Waals surface area (Å²) < 4.78 is 0. The molecule has 1 saturated carbocycles. The van der Waals surface area contributed by atoms with Gasteiger partial charge in [0.1, 0.15) is 0 Å². The van der Waals surface area contributed by atoms with Crippen LogP contribution in [0.2, 0.25) is 0 Å². The molecule has 1 unspecified atom stereocenters. The first-order valence-corrected chi connectivity index (χ1v) is 7.26. The molecule has 0 spiro atoms. The van der Waals surface area contributed by atoms with E-state index in [1.807, 2.05) is 0 Å². The standard InChI is InChI=1S/C15H31N/c1-5-12-16-14(10-11-15(2,3)4)13-8-6-7-9-13/h13-14,16H,5-12H2,1-4H3. The fourth-order valence-corrected chi connectivity index (χ4v) is 2.78. The van der Waals surface area contributed by atoms with Gasteiger partial charge in [0.15, 0.2) is 0 Å². The van der Waals surface area contributed by atoms with Crippen LogP contribution >= 0.6 is 0 Å². The molecule has 0 aliphatic heterocycles. The molecule has 96 valence electrons. The molecule has 0 aromatic carbocycles. The Kier molecular flexibility index (Phi) is 5.82. The van der Waals surface area contributed by atoms with Crippen molar-refractivity contribution in [3.63, 3.8) is 0 Å². The maximum absolute atomic E-state index is 3.78. The maximum atomic E-state index is 3.78. The molecule has 1 atom stereocenters. The van der Waals surface area contributed by atoms with Crippen LogP contribution < -0.4 is 5.32 Å². The molecule has 0 heterocycles. The van der Waals surface area contributed by atoms with Crippen LogP contribution in [0.15, 0.2) is 0 Å². The van der Waals surface area contributed by atoms with E-state index in [1.165, 1.54) is 51.5 Å². The van der Waals surface area contributed by atoms with E-state index in [9.17, 15) is 0 Å². The van der Waals surface area contributed by atoms with Gasteiger partial charge in [0.05, 0.1) is 0 Å². The average molecular weight is 225 g/mol. The van der Waals surface area contributed by atoms with Crippen LogP contribution in [0.3, 0.4) is 0 Å². The van der Waals surface area contributed by atoms with Crippen LogP contribution in [0.25, 0.3) is 0 Å². The highest BCUT2D eigenvalue weighted by Crippen LogP contribution is 2.32. The number of nitrogens with one attached hydrogen (secondary N) is 1. The van der Waals surface area contributed by atoms with Crippen molar-refractivity contribution >= 4 is 0 Å². The molecule has 1 rings (SSSR count). The van der Waals surface area contributed by atoms with Gasteiger partial charge in [-0.15, -0.1) is 0 Å². The fraction of sp³-hybridized carbons (Fsp3) is 1.00. The van der Waals surface area contributed by atoms with Crippen LogP contribution in [0.5, 0.6) is 0 Å². The van der Waals surface area contributed by atoms with E-state index in [1.54, 1.807) is 0 Å². The minimum atomic E-state index is 0.491. The lowest BCUT2D eigenvalue weighted by Crippen LogP contribution is -2.36. The maximum Gasteiger partial charge on any atom is 0.00955 e. The van der Waals surface area contributed by atoms with E-state index in [0.29, 0.717) is 5.41 Å². The second-order valence-corrected chi connectivity index (χ2v) is 6.70. The third-order valence-electron chi connectivity index (χ3n) is 3.83. The van der Waals surface area contributed by atoms with Gasteiger partial charge in [0.2, 0.25) is 0 Å². The molecule has 16 heavy (non-hydrogen) atoms. The molecule has 0 bridgehead atoms. The molecular weight excluding hydrogens is 194 g/mol. The third-order valence-corrected chi connectivity index (χ3v) is 3.83. The summed E-state index contributed by atoms with van der Waals surface area (Å²) in [4.78, 5) is 0. The fourth-order valence-electron chi connectivity index (χ4n) is 2.78. The van der Waals surface area contributed by atoms with Crippen molar-refractivity contribution in [2.24, 2.45) is 11.3 Å². The van der Waals surface area contributed by atoms with Crippen molar-refractivity contribution in [1.29, 1.82) is 0 Å². The lowest BCUT2D eigenvalue weighted by atomic mass is 9.85. The second kappa shape index (κ2) is 6.64. The van der Waals surface area contributed by atoms with Crippen LogP contribution in [0.4, 0.5) is 0 Å². The molecule has 1 aliphatic carbocycles. The molecule has 1 nitrogen and oxygen atoms in total. The molecule has 1 N–H and O–H groups in total. The summed E-state index contributed by atoms with van der Waals surface area (Å²) in [5.41, 5.74) is 0.491. The smallest absolute Gasteiger partial charge is 0.00955 e. The highest BCUT2D eigenvalue weighted by Gasteiger charge is 2.25. The first-order valence-electron chi connectivity index (χ1n) is 7.26. The van der Waals surface area contributed by atoms with E-state index >= 15 is 0 Å². The number of hydrogen-bond acceptors (Lipinski definition) is 1. The number of hydrogen-bond donors (Lipinski definition) is 1. The Morgan fingerprint density at radius 3 is 2.31 bits per heavy atom. The SMILES string of the molecule is CCCNC(CCC(C)(C)C)C1CCCC1. The zero-order valence-electron chi connectivity index (χ0n) is 11.8. The van der Waals surface area contributed by atoms with Gasteiger partial charge >= 0.3 is 0 Å². The van der Waals surface area contributed by atoms with Gasteiger partial charge in [-0.25, -0.2) is 0 Å². The third kappa shape index (κ3) is 5.34. The van der Waals surface area contributed by atoms with E-state index in [2.05, 4.69) is 33.0 Å². The van der Waals surface area contributed by atoms with E-state index in [4.69, 9.17) is 0 Å². The van der Waals surface area contributed by atoms with Crippen LogP contribution in [0.1, 0.15) is 72.6 Å². The van der Waals surface area contributed by atoms with Gasteiger partial charge in [0, 0.05) is 6.04 Å². The zero-order chi connectivity index (χ0) is 12.0. The second-order valence-electron chi connectivity index (χ2n) is 6.70. The van der Waals surface area contributed by atoms with Crippen molar-refractivity contribution in [3.05, 3.63) is 0 Å². The first kappa shape index (κ1) is 14.0. The lowest BCUT2D eigenvalue weighted by Gasteiger charge is -2.28. The van der Waals surface area contributed by atoms with Gasteiger partial charge in [-0.2, -0.15) is 0 Å². The zero-order valence-corrected chi connectivity index (χ0v) is 11.8. The molecule has 0 aromatic heterocycles. The Morgan fingerprint density at radius 2 is 1.81 bits per heavy atom. The number of rotatable bonds is 6. The molecule has 0 radical (unpaired) electrons. The summed E-state index contributed by atoms with van der Waals surface area (Å²) in [5, 5.41) is 3.78. The van der Waals surface area contributed by atoms with Gasteiger partial charge in [-0.3, -0.25) is 0 Å². The summed E-state index contributed by atoms with van der Waals surface area (Å²) >= 11 is 0. The van der Waals surface area contributed by atoms with Gasteiger partial charge < -0.3 is 5.32 Å². The molecule has 1 heteroatoms. The Labute approximate surface area is 102 Å². The largest absolute Gasteiger partial charge is 0.314 e. The summed E-state index contributed by atoms with van der Waals surface area (Å²) in [6.45, 7) is 10.5. The minimum Gasteiger partial charge on any atom is -0.314 e. The summed E-state index contributed by atoms with van der Waals surface area (Å²) in [6.07, 6.45) is 9.84. The molecule has 0 aromatic rings. The molecule has 0 amide bonds. The van der Waals surface area contributed by atoms with Crippen molar-refractivity contribution in [1.82, 2.24) is 5.32 Å². The summed E-state index contributed by atoms with van der Waals surface area (Å²) in [7, 11) is 0. The predicted octanol–water partition coefficient (Wildman–Crippen LogP) is 4.37. The van der Waals surface area contributed by atoms with Gasteiger partial charge in [0.25, 0.3) is 0 Å². The quantitative estimate of drug-likeness (QED) is 0.708. The van der Waals surface area contributed by atoms with E-state index in [-0.39, 0.29) is 0 Å². The Hall–Kier alpha value is -0.0400. The average Bonchev–Trinajstić information content (AvgIpc) is 2.69. The lowest BCUT2D eigenvalue weighted by molar-refractivity contribution is 0.279. The van der Waals surface area contributed by atoms with Gasteiger partial charge in [-0.05, 0) is 50.0 Å². The summed E-state index contributed by atoms with van der Waals surface area (Å²) in [5.74, 6) is 0.967. The predicted molar refractivity (Wildman–Crippen MR) is 72.7 cm³/mol. The van der Waals surface area contributed by atoms with Gasteiger partial charge in [-0.1, -0.05) is 40.5 Å². The van der Waals surface area contributed by atoms with Crippen molar-refractivity contribution in [2.75, 3.05) is 6.54 Å². The molecular formula is C15H31N. The van der Waals surface area contributed by atoms with Crippen LogP contribution in [-0.2, 0) is 0 Å². The molecule has 1 fully saturated rings. The van der Waals surface area contributed by atoms with Crippen molar-refractivity contribution < 1.29 is 0 Å². The van der Waals surface area contributed by atoms with Crippen LogP contribution in [0, 0.1) is 11.3 Å². The first-order chi connectivity index (χ1) is 7.53. The van der Waals surface area contributed by atoms with Crippen LogP contribution in [-0.4, -0.2) is 12.6 Å². The highest BCUT2D eigenvalue weighted by molar-refractivity contribution is 4.82. The van der Waals surface area contributed by atoms with E-state index in [0.717, 1.165) is 12.0 Å². The molecule has 0 saturated heterocycles. The van der Waals surface area contributed by atoms with E-state index < -0.39 is 0 Å². The Balaban J connectivity index is 2.36. The summed E-state index contributed by atoms with van der Waals surface area (Å²) in [6, 6.07) is 0.793. The van der Waals surface area contributed by atoms with Crippen molar-refractivity contribution in [3.8, 4) is 0 Å². The normalized spacial score (nSPS) is 20.2. The topological polar surface area (TPSA) is 12.0 Å². The Bertz CT molecular complexity index is 174. The monoisotopic (exact) mass is 225 g/mol. The molecule has 1 aliphatic rings. The highest BCUT2D eigenvalue weighted by atomic mass is 14.9. The Morgan fingerprint density at radius 1 is 1.19 bits per heavy atom.